The molecule has 0 aliphatic rings. The Morgan fingerprint density at radius 3 is 1.35 bits per heavy atom. The zero-order valence-corrected chi connectivity index (χ0v) is 14.6. The number of carbonyl (C=O) groups is 2. The molecule has 0 saturated carbocycles. The van der Waals surface area contributed by atoms with Crippen LogP contribution in [0, 0.1) is 0 Å². The highest BCUT2D eigenvalue weighted by atomic mass is 16.5. The second-order valence-electron chi connectivity index (χ2n) is 5.64. The summed E-state index contributed by atoms with van der Waals surface area (Å²) in [6, 6.07) is 16.3. The number of hydrogen-bond acceptors (Lipinski definition) is 4. The maximum Gasteiger partial charge on any atom is 0.330 e. The molecule has 0 aliphatic carbocycles. The van der Waals surface area contributed by atoms with Crippen molar-refractivity contribution >= 4 is 11.9 Å². The minimum atomic E-state index is -0.402. The van der Waals surface area contributed by atoms with Crippen LogP contribution in [-0.2, 0) is 31.9 Å². The quantitative estimate of drug-likeness (QED) is 0.508. The predicted molar refractivity (Wildman–Crippen MR) is 102 cm³/mol. The van der Waals surface area contributed by atoms with E-state index in [1.807, 2.05) is 48.5 Å². The van der Waals surface area contributed by atoms with Crippen molar-refractivity contribution in [3.63, 3.8) is 0 Å². The molecule has 0 amide bonds. The molecule has 2 aromatic carbocycles. The molecule has 2 aromatic rings. The molecule has 2 rings (SSSR count). The van der Waals surface area contributed by atoms with Crippen molar-refractivity contribution in [1.82, 2.24) is 0 Å². The van der Waals surface area contributed by atoms with E-state index in [1.165, 1.54) is 0 Å². The van der Waals surface area contributed by atoms with Crippen LogP contribution in [-0.4, -0.2) is 25.2 Å². The Labute approximate surface area is 153 Å². The van der Waals surface area contributed by atoms with Crippen LogP contribution in [0.25, 0.3) is 11.1 Å². The third-order valence-electron chi connectivity index (χ3n) is 3.84. The summed E-state index contributed by atoms with van der Waals surface area (Å²) in [5.41, 5.74) is 4.43. The van der Waals surface area contributed by atoms with E-state index >= 15 is 0 Å². The summed E-state index contributed by atoms with van der Waals surface area (Å²) >= 11 is 0. The largest absolute Gasteiger partial charge is 0.462 e. The molecular formula is C22H22O4. The Kier molecular flexibility index (Phi) is 7.37. The van der Waals surface area contributed by atoms with Gasteiger partial charge in [-0.05, 0) is 22.3 Å². The number of carbonyl (C=O) groups excluding carboxylic acids is 2. The van der Waals surface area contributed by atoms with E-state index in [4.69, 9.17) is 9.47 Å². The van der Waals surface area contributed by atoms with Crippen molar-refractivity contribution in [1.29, 1.82) is 0 Å². The fourth-order valence-electron chi connectivity index (χ4n) is 2.38. The molecule has 134 valence electrons. The van der Waals surface area contributed by atoms with E-state index in [2.05, 4.69) is 13.2 Å². The Morgan fingerprint density at radius 1 is 0.692 bits per heavy atom. The minimum Gasteiger partial charge on any atom is -0.462 e. The summed E-state index contributed by atoms with van der Waals surface area (Å²) in [7, 11) is 0. The molecule has 0 bridgehead atoms. The first kappa shape index (κ1) is 19.2. The van der Waals surface area contributed by atoms with Gasteiger partial charge in [-0.2, -0.15) is 0 Å². The van der Waals surface area contributed by atoms with Crippen LogP contribution in [0.3, 0.4) is 0 Å². The van der Waals surface area contributed by atoms with Gasteiger partial charge in [0.1, 0.15) is 0 Å². The number of rotatable bonds is 9. The molecule has 0 unspecified atom stereocenters. The molecule has 0 spiro atoms. The third kappa shape index (κ3) is 6.06. The predicted octanol–water partition coefficient (Wildman–Crippen LogP) is 3.90. The smallest absolute Gasteiger partial charge is 0.330 e. The van der Waals surface area contributed by atoms with Gasteiger partial charge >= 0.3 is 11.9 Å². The van der Waals surface area contributed by atoms with Crippen LogP contribution in [0.2, 0.25) is 0 Å². The first-order chi connectivity index (χ1) is 12.6. The van der Waals surface area contributed by atoms with Crippen LogP contribution >= 0.6 is 0 Å². The van der Waals surface area contributed by atoms with Crippen molar-refractivity contribution in [2.24, 2.45) is 0 Å². The Morgan fingerprint density at radius 2 is 1.04 bits per heavy atom. The standard InChI is InChI=1S/C22H22O4/c1-3-21(23)25-15-13-17-5-9-19(10-6-17)20-11-7-18(8-12-20)14-16-26-22(24)4-2/h3-12H,1-2,13-16H2. The zero-order valence-electron chi connectivity index (χ0n) is 14.6. The Hall–Kier alpha value is -3.14. The zero-order chi connectivity index (χ0) is 18.8. The fourth-order valence-corrected chi connectivity index (χ4v) is 2.38. The van der Waals surface area contributed by atoms with Crippen LogP contribution in [0.15, 0.2) is 73.8 Å². The van der Waals surface area contributed by atoms with Crippen molar-refractivity contribution in [2.45, 2.75) is 12.8 Å². The van der Waals surface area contributed by atoms with Crippen molar-refractivity contribution in [2.75, 3.05) is 13.2 Å². The van der Waals surface area contributed by atoms with Gasteiger partial charge in [-0.1, -0.05) is 61.7 Å². The first-order valence-electron chi connectivity index (χ1n) is 8.39. The van der Waals surface area contributed by atoms with Gasteiger partial charge in [0.05, 0.1) is 13.2 Å². The fraction of sp³-hybridized carbons (Fsp3) is 0.182. The molecule has 0 aromatic heterocycles. The molecule has 0 N–H and O–H groups in total. The molecule has 0 heterocycles. The van der Waals surface area contributed by atoms with Gasteiger partial charge in [0, 0.05) is 25.0 Å². The van der Waals surface area contributed by atoms with E-state index in [9.17, 15) is 9.59 Å². The molecule has 4 heteroatoms. The van der Waals surface area contributed by atoms with E-state index < -0.39 is 11.9 Å². The monoisotopic (exact) mass is 350 g/mol. The van der Waals surface area contributed by atoms with E-state index in [-0.39, 0.29) is 0 Å². The van der Waals surface area contributed by atoms with E-state index in [0.29, 0.717) is 26.1 Å². The van der Waals surface area contributed by atoms with Gasteiger partial charge in [0.15, 0.2) is 0 Å². The van der Waals surface area contributed by atoms with Crippen molar-refractivity contribution in [3.8, 4) is 11.1 Å². The molecule has 26 heavy (non-hydrogen) atoms. The lowest BCUT2D eigenvalue weighted by molar-refractivity contribution is -0.138. The maximum absolute atomic E-state index is 11.0. The molecule has 0 atom stereocenters. The Bertz CT molecular complexity index is 690. The molecule has 0 saturated heterocycles. The van der Waals surface area contributed by atoms with E-state index in [1.54, 1.807) is 0 Å². The molecular weight excluding hydrogens is 328 g/mol. The van der Waals surface area contributed by atoms with Crippen LogP contribution in [0.1, 0.15) is 11.1 Å². The van der Waals surface area contributed by atoms with Gasteiger partial charge in [0.25, 0.3) is 0 Å². The SMILES string of the molecule is C=CC(=O)OCCc1ccc(-c2ccc(CCOC(=O)C=C)cc2)cc1. The second-order valence-corrected chi connectivity index (χ2v) is 5.64. The third-order valence-corrected chi connectivity index (χ3v) is 3.84. The lowest BCUT2D eigenvalue weighted by Gasteiger charge is -2.07. The number of hydrogen-bond donors (Lipinski definition) is 0. The average Bonchev–Trinajstić information content (AvgIpc) is 2.68. The normalized spacial score (nSPS) is 10.0. The summed E-state index contributed by atoms with van der Waals surface area (Å²) in [4.78, 5) is 22.0. The van der Waals surface area contributed by atoms with Crippen LogP contribution in [0.4, 0.5) is 0 Å². The lowest BCUT2D eigenvalue weighted by atomic mass is 10.0. The van der Waals surface area contributed by atoms with E-state index in [0.717, 1.165) is 34.4 Å². The maximum atomic E-state index is 11.0. The lowest BCUT2D eigenvalue weighted by Crippen LogP contribution is -2.04. The van der Waals surface area contributed by atoms with Gasteiger partial charge in [-0.3, -0.25) is 0 Å². The van der Waals surface area contributed by atoms with Crippen molar-refractivity contribution in [3.05, 3.63) is 85.0 Å². The first-order valence-corrected chi connectivity index (χ1v) is 8.39. The highest BCUT2D eigenvalue weighted by Gasteiger charge is 2.02. The summed E-state index contributed by atoms with van der Waals surface area (Å²) in [5, 5.41) is 0. The van der Waals surface area contributed by atoms with Gasteiger partial charge in [-0.25, -0.2) is 9.59 Å². The summed E-state index contributed by atoms with van der Waals surface area (Å²) in [6.07, 6.45) is 3.66. The van der Waals surface area contributed by atoms with Gasteiger partial charge in [-0.15, -0.1) is 0 Å². The second kappa shape index (κ2) is 9.99. The summed E-state index contributed by atoms with van der Waals surface area (Å²) in [5.74, 6) is -0.804. The number of benzene rings is 2. The molecule has 0 fully saturated rings. The molecule has 0 radical (unpaired) electrons. The number of ether oxygens (including phenoxy) is 2. The van der Waals surface area contributed by atoms with Gasteiger partial charge in [0.2, 0.25) is 0 Å². The highest BCUT2D eigenvalue weighted by molar-refractivity contribution is 5.81. The van der Waals surface area contributed by atoms with Crippen LogP contribution < -0.4 is 0 Å². The highest BCUT2D eigenvalue weighted by Crippen LogP contribution is 2.21. The molecule has 4 nitrogen and oxygen atoms in total. The minimum absolute atomic E-state index is 0.343. The Balaban J connectivity index is 1.88. The summed E-state index contributed by atoms with van der Waals surface area (Å²) < 4.78 is 9.97. The van der Waals surface area contributed by atoms with Gasteiger partial charge < -0.3 is 9.47 Å². The van der Waals surface area contributed by atoms with Crippen LogP contribution in [0.5, 0.6) is 0 Å². The average molecular weight is 350 g/mol. The topological polar surface area (TPSA) is 52.6 Å². The summed E-state index contributed by atoms with van der Waals surface area (Å²) in [6.45, 7) is 7.42. The van der Waals surface area contributed by atoms with Crippen molar-refractivity contribution < 1.29 is 19.1 Å². The number of esters is 2. The molecule has 0 aliphatic heterocycles.